The molecule has 0 saturated carbocycles. The summed E-state index contributed by atoms with van der Waals surface area (Å²) in [6.45, 7) is -0.441. The van der Waals surface area contributed by atoms with Gasteiger partial charge in [-0.25, -0.2) is 4.79 Å². The lowest BCUT2D eigenvalue weighted by Crippen LogP contribution is -2.21. The van der Waals surface area contributed by atoms with E-state index in [4.69, 9.17) is 18.6 Å². The first-order valence-corrected chi connectivity index (χ1v) is 9.20. The van der Waals surface area contributed by atoms with E-state index in [-0.39, 0.29) is 11.3 Å². The fourth-order valence-corrected chi connectivity index (χ4v) is 3.26. The number of nitrogens with one attached hydrogen (secondary N) is 1. The number of methoxy groups -OCH3 is 2. The van der Waals surface area contributed by atoms with Crippen molar-refractivity contribution >= 4 is 39.5 Å². The highest BCUT2D eigenvalue weighted by Gasteiger charge is 2.19. The topological polar surface area (TPSA) is 87.0 Å². The van der Waals surface area contributed by atoms with Gasteiger partial charge in [-0.3, -0.25) is 4.79 Å². The van der Waals surface area contributed by atoms with Crippen molar-refractivity contribution in [3.05, 3.63) is 66.2 Å². The molecule has 0 bridgehead atoms. The van der Waals surface area contributed by atoms with Crippen molar-refractivity contribution in [1.82, 2.24) is 0 Å². The Hall–Kier alpha value is -4.00. The highest BCUT2D eigenvalue weighted by atomic mass is 16.5. The number of fused-ring (bicyclic) bond motifs is 3. The maximum absolute atomic E-state index is 12.4. The third-order valence-corrected chi connectivity index (χ3v) is 4.62. The van der Waals surface area contributed by atoms with Crippen molar-refractivity contribution in [2.45, 2.75) is 0 Å². The predicted molar refractivity (Wildman–Crippen MR) is 112 cm³/mol. The van der Waals surface area contributed by atoms with Crippen LogP contribution in [0.1, 0.15) is 10.4 Å². The van der Waals surface area contributed by atoms with Crippen molar-refractivity contribution in [1.29, 1.82) is 0 Å². The molecule has 0 aliphatic carbocycles. The predicted octanol–water partition coefficient (Wildman–Crippen LogP) is 4.40. The number of furan rings is 1. The number of hydrogen-bond donors (Lipinski definition) is 1. The lowest BCUT2D eigenvalue weighted by atomic mass is 10.1. The van der Waals surface area contributed by atoms with Gasteiger partial charge in [0.15, 0.2) is 18.1 Å². The van der Waals surface area contributed by atoms with Crippen LogP contribution in [0.2, 0.25) is 0 Å². The van der Waals surface area contributed by atoms with Gasteiger partial charge < -0.3 is 23.9 Å². The molecule has 0 unspecified atom stereocenters. The quantitative estimate of drug-likeness (QED) is 0.479. The molecule has 1 heterocycles. The second kappa shape index (κ2) is 8.16. The zero-order chi connectivity index (χ0) is 21.1. The number of ether oxygens (including phenoxy) is 3. The summed E-state index contributed by atoms with van der Waals surface area (Å²) in [4.78, 5) is 24.7. The molecule has 1 amide bonds. The minimum absolute atomic E-state index is 0.177. The van der Waals surface area contributed by atoms with Gasteiger partial charge in [0.2, 0.25) is 0 Å². The normalized spacial score (nSPS) is 10.7. The van der Waals surface area contributed by atoms with Gasteiger partial charge in [-0.2, -0.15) is 0 Å². The minimum atomic E-state index is -0.683. The van der Waals surface area contributed by atoms with Crippen LogP contribution in [0, 0.1) is 0 Å². The molecule has 152 valence electrons. The number of amides is 1. The number of para-hydroxylation sites is 2. The van der Waals surface area contributed by atoms with Gasteiger partial charge in [-0.05, 0) is 36.4 Å². The van der Waals surface area contributed by atoms with Crippen molar-refractivity contribution in [2.24, 2.45) is 0 Å². The smallest absolute Gasteiger partial charge is 0.342 e. The number of benzene rings is 3. The summed E-state index contributed by atoms with van der Waals surface area (Å²) in [6.07, 6.45) is 0. The molecular weight excluding hydrogens is 386 g/mol. The standard InChI is InChI=1S/C23H19NO6/c1-27-20-9-5-7-16(22(20)28-2)23(26)29-13-21(25)24-14-10-11-19-17(12-14)15-6-3-4-8-18(15)30-19/h3-12H,13H2,1-2H3,(H,24,25). The zero-order valence-electron chi connectivity index (χ0n) is 16.4. The first-order chi connectivity index (χ1) is 14.6. The molecule has 7 nitrogen and oxygen atoms in total. The zero-order valence-corrected chi connectivity index (χ0v) is 16.4. The van der Waals surface area contributed by atoms with Crippen LogP contribution < -0.4 is 14.8 Å². The Labute approximate surface area is 172 Å². The summed E-state index contributed by atoms with van der Waals surface area (Å²) in [5.41, 5.74) is 2.26. The van der Waals surface area contributed by atoms with Gasteiger partial charge in [0.05, 0.1) is 14.2 Å². The van der Waals surface area contributed by atoms with E-state index in [1.165, 1.54) is 14.2 Å². The number of carbonyl (C=O) groups excluding carboxylic acids is 2. The Balaban J connectivity index is 1.45. The highest BCUT2D eigenvalue weighted by Crippen LogP contribution is 2.32. The van der Waals surface area contributed by atoms with Gasteiger partial charge in [-0.15, -0.1) is 0 Å². The second-order valence-electron chi connectivity index (χ2n) is 6.47. The number of carbonyl (C=O) groups is 2. The first-order valence-electron chi connectivity index (χ1n) is 9.20. The summed E-state index contributed by atoms with van der Waals surface area (Å²) < 4.78 is 21.3. The van der Waals surface area contributed by atoms with E-state index in [9.17, 15) is 9.59 Å². The van der Waals surface area contributed by atoms with Gasteiger partial charge in [0.1, 0.15) is 16.7 Å². The molecule has 4 aromatic rings. The molecular formula is C23H19NO6. The summed E-state index contributed by atoms with van der Waals surface area (Å²) in [5.74, 6) is -0.491. The third-order valence-electron chi connectivity index (χ3n) is 4.62. The van der Waals surface area contributed by atoms with E-state index >= 15 is 0 Å². The Morgan fingerprint density at radius 3 is 2.50 bits per heavy atom. The summed E-state index contributed by atoms with van der Waals surface area (Å²) >= 11 is 0. The number of rotatable bonds is 6. The van der Waals surface area contributed by atoms with Crippen molar-refractivity contribution in [2.75, 3.05) is 26.1 Å². The lowest BCUT2D eigenvalue weighted by molar-refractivity contribution is -0.119. The van der Waals surface area contributed by atoms with Crippen LogP contribution in [-0.4, -0.2) is 32.7 Å². The van der Waals surface area contributed by atoms with E-state index < -0.39 is 18.5 Å². The molecule has 1 aromatic heterocycles. The van der Waals surface area contributed by atoms with Gasteiger partial charge in [-0.1, -0.05) is 24.3 Å². The molecule has 0 aliphatic heterocycles. The average molecular weight is 405 g/mol. The molecule has 0 fully saturated rings. The van der Waals surface area contributed by atoms with Crippen LogP contribution in [0.15, 0.2) is 65.1 Å². The molecule has 3 aromatic carbocycles. The van der Waals surface area contributed by atoms with Crippen molar-refractivity contribution < 1.29 is 28.2 Å². The molecule has 0 atom stereocenters. The molecule has 0 spiro atoms. The second-order valence-corrected chi connectivity index (χ2v) is 6.47. The highest BCUT2D eigenvalue weighted by molar-refractivity contribution is 6.07. The molecule has 0 aliphatic rings. The fourth-order valence-electron chi connectivity index (χ4n) is 3.26. The van der Waals surface area contributed by atoms with Gasteiger partial charge >= 0.3 is 5.97 Å². The molecule has 7 heteroatoms. The van der Waals surface area contributed by atoms with E-state index in [1.54, 1.807) is 30.3 Å². The van der Waals surface area contributed by atoms with Crippen molar-refractivity contribution in [3.63, 3.8) is 0 Å². The molecule has 0 saturated heterocycles. The lowest BCUT2D eigenvalue weighted by Gasteiger charge is -2.12. The van der Waals surface area contributed by atoms with Crippen LogP contribution in [-0.2, 0) is 9.53 Å². The Morgan fingerprint density at radius 1 is 0.900 bits per heavy atom. The average Bonchev–Trinajstić information content (AvgIpc) is 3.14. The van der Waals surface area contributed by atoms with Crippen LogP contribution in [0.5, 0.6) is 11.5 Å². The summed E-state index contributed by atoms with van der Waals surface area (Å²) in [6, 6.07) is 17.9. The Morgan fingerprint density at radius 2 is 1.70 bits per heavy atom. The number of esters is 1. The minimum Gasteiger partial charge on any atom is -0.493 e. The van der Waals surface area contributed by atoms with E-state index in [0.29, 0.717) is 11.4 Å². The van der Waals surface area contributed by atoms with Crippen LogP contribution >= 0.6 is 0 Å². The summed E-state index contributed by atoms with van der Waals surface area (Å²) in [7, 11) is 2.90. The van der Waals surface area contributed by atoms with E-state index in [0.717, 1.165) is 21.9 Å². The van der Waals surface area contributed by atoms with E-state index in [1.807, 2.05) is 30.3 Å². The van der Waals surface area contributed by atoms with Crippen LogP contribution in [0.4, 0.5) is 5.69 Å². The Bertz CT molecular complexity index is 1240. The molecule has 30 heavy (non-hydrogen) atoms. The van der Waals surface area contributed by atoms with Gasteiger partial charge in [0.25, 0.3) is 5.91 Å². The monoisotopic (exact) mass is 405 g/mol. The maximum atomic E-state index is 12.4. The van der Waals surface area contributed by atoms with Gasteiger partial charge in [0, 0.05) is 16.5 Å². The largest absolute Gasteiger partial charge is 0.493 e. The summed E-state index contributed by atoms with van der Waals surface area (Å²) in [5, 5.41) is 4.58. The maximum Gasteiger partial charge on any atom is 0.342 e. The van der Waals surface area contributed by atoms with Crippen molar-refractivity contribution in [3.8, 4) is 11.5 Å². The number of anilines is 1. The molecule has 4 rings (SSSR count). The molecule has 1 N–H and O–H groups in total. The fraction of sp³-hybridized carbons (Fsp3) is 0.130. The first kappa shape index (κ1) is 19.3. The number of hydrogen-bond acceptors (Lipinski definition) is 6. The van der Waals surface area contributed by atoms with Crippen LogP contribution in [0.3, 0.4) is 0 Å². The van der Waals surface area contributed by atoms with Crippen LogP contribution in [0.25, 0.3) is 21.9 Å². The van der Waals surface area contributed by atoms with E-state index in [2.05, 4.69) is 5.32 Å². The third kappa shape index (κ3) is 3.65. The SMILES string of the molecule is COc1cccc(C(=O)OCC(=O)Nc2ccc3oc4ccccc4c3c2)c1OC. The Kier molecular flexibility index (Phi) is 5.26. The molecule has 0 radical (unpaired) electrons.